The van der Waals surface area contributed by atoms with Gasteiger partial charge in [-0.25, -0.2) is 19.6 Å². The maximum atomic E-state index is 14.2. The normalized spacial score (nSPS) is 22.4. The van der Waals surface area contributed by atoms with Crippen LogP contribution in [0.4, 0.5) is 9.59 Å². The molecule has 2 aromatic heterocycles. The van der Waals surface area contributed by atoms with Crippen molar-refractivity contribution in [3.05, 3.63) is 81.6 Å². The third-order valence-corrected chi connectivity index (χ3v) is 14.2. The Morgan fingerprint density at radius 3 is 1.33 bits per heavy atom. The Morgan fingerprint density at radius 2 is 1.00 bits per heavy atom. The standard InChI is InChI=1S/C48H56Cl2N8O8/c1-27-23-35(57(25-27)45(59)39(55(3)47(61)62)33-15-19-65-20-16-33)43-51-37(41(49)53-43)31-11-7-29(8-12-31)5-6-30-9-13-32(14-10-30)38-42(50)54-44(52-38)36-24-28(2)26-58(36)46(60)40(56(4)48(63)64)34-17-21-66-22-18-34/h7-14,27-28,33-36,39-40H,15-26H2,1-4H3,(H,51,53)(H,52,54)(H,61,62)(H,63,64)/t27-,28-,35-,36-,39-,40-/m0/s1. The van der Waals surface area contributed by atoms with Gasteiger partial charge in [0.05, 0.1) is 12.1 Å². The molecule has 6 heterocycles. The van der Waals surface area contributed by atoms with Gasteiger partial charge in [-0.2, -0.15) is 0 Å². The molecule has 350 valence electrons. The number of carboxylic acid groups (broad SMARTS) is 2. The lowest BCUT2D eigenvalue weighted by atomic mass is 9.89. The fraction of sp³-hybridized carbons (Fsp3) is 0.500. The summed E-state index contributed by atoms with van der Waals surface area (Å²) in [7, 11) is 2.92. The monoisotopic (exact) mass is 942 g/mol. The van der Waals surface area contributed by atoms with Gasteiger partial charge in [0.2, 0.25) is 11.8 Å². The van der Waals surface area contributed by atoms with Crippen molar-refractivity contribution in [3.8, 4) is 34.4 Å². The third-order valence-electron chi connectivity index (χ3n) is 13.6. The SMILES string of the molecule is C[C@H]1C[C@@H](c2nc(-c3ccc(C#Cc4ccc(-c5nc([C@@H]6C[C@H](C)CN6C(=O)[C@H](C6CCOCC6)N(C)C(=O)O)[nH]c5Cl)cc4)cc3)c(Cl)[nH]2)N(C(=O)[C@H](C2CCOCC2)N(C)C(=O)O)C1. The third kappa shape index (κ3) is 9.90. The quantitative estimate of drug-likeness (QED) is 0.114. The first-order chi connectivity index (χ1) is 31.7. The zero-order chi connectivity index (χ0) is 46.8. The van der Waals surface area contributed by atoms with Crippen LogP contribution in [0.5, 0.6) is 0 Å². The van der Waals surface area contributed by atoms with Crippen LogP contribution in [0.1, 0.15) is 87.2 Å². The number of carbonyl (C=O) groups excluding carboxylic acids is 2. The van der Waals surface area contributed by atoms with Gasteiger partial charge in [0, 0.05) is 75.9 Å². The Morgan fingerprint density at radius 1 is 0.652 bits per heavy atom. The molecule has 8 rings (SSSR count). The minimum Gasteiger partial charge on any atom is -0.465 e. The highest BCUT2D eigenvalue weighted by atomic mass is 35.5. The average Bonchev–Trinajstić information content (AvgIpc) is 4.11. The van der Waals surface area contributed by atoms with Crippen molar-refractivity contribution in [3.63, 3.8) is 0 Å². The van der Waals surface area contributed by atoms with E-state index >= 15 is 0 Å². The number of rotatable bonds is 10. The highest BCUT2D eigenvalue weighted by Gasteiger charge is 2.46. The Labute approximate surface area is 393 Å². The van der Waals surface area contributed by atoms with Crippen molar-refractivity contribution >= 4 is 47.2 Å². The molecule has 0 unspecified atom stereocenters. The molecule has 18 heteroatoms. The second kappa shape index (κ2) is 20.1. The number of likely N-dealkylation sites (tertiary alicyclic amines) is 2. The van der Waals surface area contributed by atoms with E-state index in [0.717, 1.165) is 32.1 Å². The molecule has 0 saturated carbocycles. The van der Waals surface area contributed by atoms with E-state index in [2.05, 4.69) is 35.7 Å². The number of ether oxygens (including phenoxy) is 2. The minimum absolute atomic E-state index is 0.145. The van der Waals surface area contributed by atoms with Crippen molar-refractivity contribution < 1.29 is 38.9 Å². The van der Waals surface area contributed by atoms with Crippen molar-refractivity contribution in [2.45, 2.75) is 76.5 Å². The second-order valence-corrected chi connectivity index (χ2v) is 19.0. The van der Waals surface area contributed by atoms with Crippen molar-refractivity contribution in [1.82, 2.24) is 39.5 Å². The molecule has 2 aromatic carbocycles. The van der Waals surface area contributed by atoms with E-state index in [1.807, 2.05) is 48.5 Å². The number of aromatic nitrogens is 4. The summed E-state index contributed by atoms with van der Waals surface area (Å²) in [5.74, 6) is 7.15. The van der Waals surface area contributed by atoms with Crippen LogP contribution < -0.4 is 0 Å². The number of aromatic amines is 2. The smallest absolute Gasteiger partial charge is 0.407 e. The number of hydrogen-bond acceptors (Lipinski definition) is 8. The number of H-pyrrole nitrogens is 2. The number of hydrogen-bond donors (Lipinski definition) is 4. The first-order valence-electron chi connectivity index (χ1n) is 22.6. The number of carbonyl (C=O) groups is 4. The Kier molecular flexibility index (Phi) is 14.3. The first kappa shape index (κ1) is 46.9. The molecule has 4 aliphatic heterocycles. The highest BCUT2D eigenvalue weighted by Crippen LogP contribution is 2.41. The maximum Gasteiger partial charge on any atom is 0.407 e. The summed E-state index contributed by atoms with van der Waals surface area (Å²) >= 11 is 13.5. The van der Waals surface area contributed by atoms with Crippen molar-refractivity contribution in [1.29, 1.82) is 0 Å². The highest BCUT2D eigenvalue weighted by molar-refractivity contribution is 6.32. The van der Waals surface area contributed by atoms with Gasteiger partial charge < -0.3 is 39.5 Å². The van der Waals surface area contributed by atoms with Crippen LogP contribution in [-0.4, -0.2) is 139 Å². The second-order valence-electron chi connectivity index (χ2n) is 18.2. The summed E-state index contributed by atoms with van der Waals surface area (Å²) in [5, 5.41) is 20.5. The molecular weight excluding hydrogens is 887 g/mol. The number of benzene rings is 2. The molecule has 4 N–H and O–H groups in total. The largest absolute Gasteiger partial charge is 0.465 e. The Bertz CT molecular complexity index is 2310. The molecule has 4 saturated heterocycles. The molecule has 4 fully saturated rings. The van der Waals surface area contributed by atoms with Gasteiger partial charge in [-0.3, -0.25) is 19.4 Å². The van der Waals surface area contributed by atoms with Crippen molar-refractivity contribution in [2.24, 2.45) is 23.7 Å². The van der Waals surface area contributed by atoms with Crippen LogP contribution in [0.2, 0.25) is 10.3 Å². The predicted molar refractivity (Wildman–Crippen MR) is 247 cm³/mol. The van der Waals surface area contributed by atoms with Crippen LogP contribution >= 0.6 is 23.2 Å². The fourth-order valence-electron chi connectivity index (χ4n) is 10.1. The summed E-state index contributed by atoms with van der Waals surface area (Å²) in [6.07, 6.45) is 1.46. The number of halogens is 2. The lowest BCUT2D eigenvalue weighted by Gasteiger charge is -2.37. The first-order valence-corrected chi connectivity index (χ1v) is 23.4. The zero-order valence-corrected chi connectivity index (χ0v) is 39.0. The number of imidazole rings is 2. The number of nitrogens with one attached hydrogen (secondary N) is 2. The predicted octanol–water partition coefficient (Wildman–Crippen LogP) is 7.80. The lowest BCUT2D eigenvalue weighted by molar-refractivity contribution is -0.141. The molecule has 0 bridgehead atoms. The molecule has 4 aromatic rings. The van der Waals surface area contributed by atoms with Gasteiger partial charge in [0.1, 0.15) is 45.4 Å². The summed E-state index contributed by atoms with van der Waals surface area (Å²) in [6, 6.07) is 12.7. The molecule has 4 aliphatic rings. The van der Waals surface area contributed by atoms with E-state index in [0.29, 0.717) is 111 Å². The van der Waals surface area contributed by atoms with E-state index in [9.17, 15) is 29.4 Å². The molecule has 0 radical (unpaired) electrons. The van der Waals surface area contributed by atoms with Gasteiger partial charge >= 0.3 is 12.2 Å². The van der Waals surface area contributed by atoms with Crippen LogP contribution in [-0.2, 0) is 19.1 Å². The molecular formula is C48H56Cl2N8O8. The maximum absolute atomic E-state index is 14.2. The summed E-state index contributed by atoms with van der Waals surface area (Å²) in [5.41, 5.74) is 4.18. The summed E-state index contributed by atoms with van der Waals surface area (Å²) in [4.78, 5) is 74.7. The van der Waals surface area contributed by atoms with Crippen LogP contribution in [0.3, 0.4) is 0 Å². The molecule has 6 atom stereocenters. The summed E-state index contributed by atoms with van der Waals surface area (Å²) < 4.78 is 11.0. The topological polar surface area (TPSA) is 198 Å². The Hall–Kier alpha value is -5.60. The number of amides is 4. The molecule has 66 heavy (non-hydrogen) atoms. The average molecular weight is 944 g/mol. The number of nitrogens with zero attached hydrogens (tertiary/aromatic N) is 6. The lowest BCUT2D eigenvalue weighted by Crippen LogP contribution is -2.53. The van der Waals surface area contributed by atoms with Gasteiger partial charge in [0.15, 0.2) is 0 Å². The van der Waals surface area contributed by atoms with E-state index in [1.165, 1.54) is 14.1 Å². The van der Waals surface area contributed by atoms with E-state index in [-0.39, 0.29) is 35.5 Å². The van der Waals surface area contributed by atoms with Crippen LogP contribution in [0.25, 0.3) is 22.5 Å². The molecule has 0 spiro atoms. The van der Waals surface area contributed by atoms with Crippen LogP contribution in [0.15, 0.2) is 48.5 Å². The van der Waals surface area contributed by atoms with Gasteiger partial charge in [-0.15, -0.1) is 0 Å². The van der Waals surface area contributed by atoms with E-state index in [1.54, 1.807) is 9.80 Å². The van der Waals surface area contributed by atoms with Crippen molar-refractivity contribution in [2.75, 3.05) is 53.6 Å². The Balaban J connectivity index is 0.940. The summed E-state index contributed by atoms with van der Waals surface area (Å²) in [6.45, 7) is 7.07. The molecule has 16 nitrogen and oxygen atoms in total. The molecule has 4 amide bonds. The van der Waals surface area contributed by atoms with Crippen LogP contribution in [0, 0.1) is 35.5 Å². The molecule has 0 aliphatic carbocycles. The zero-order valence-electron chi connectivity index (χ0n) is 37.5. The van der Waals surface area contributed by atoms with E-state index in [4.69, 9.17) is 42.6 Å². The van der Waals surface area contributed by atoms with Gasteiger partial charge in [-0.05, 0) is 86.5 Å². The minimum atomic E-state index is -1.15. The van der Waals surface area contributed by atoms with Gasteiger partial charge in [0.25, 0.3) is 0 Å². The van der Waals surface area contributed by atoms with Gasteiger partial charge in [-0.1, -0.05) is 73.2 Å². The fourth-order valence-corrected chi connectivity index (χ4v) is 10.6. The number of likely N-dealkylation sites (N-methyl/N-ethyl adjacent to an activating group) is 2. The van der Waals surface area contributed by atoms with E-state index < -0.39 is 36.4 Å².